The Morgan fingerprint density at radius 3 is 2.35 bits per heavy atom. The number of rotatable bonds is 8. The van der Waals surface area contributed by atoms with Gasteiger partial charge in [0.05, 0.1) is 0 Å². The maximum absolute atomic E-state index is 10.2. The van der Waals surface area contributed by atoms with E-state index < -0.39 is 0 Å². The molecule has 1 aliphatic carbocycles. The lowest BCUT2D eigenvalue weighted by atomic mass is 9.87. The van der Waals surface area contributed by atoms with Crippen molar-refractivity contribution >= 4 is 5.69 Å². The minimum absolute atomic E-state index is 0.350. The second kappa shape index (κ2) is 11.6. The standard InChI is InChI=1S/C32H41N3O2/c1-3-15-34(29-13-14-30-27(22-29)5-4-6-31(30)36)19-16-33-17-20-35(21-18-33)28-11-9-25(10-12-28)26-8-7-24(2)32(37)23-26/h4-12,23,29,36-37H,3,13-22H2,1-2H3. The van der Waals surface area contributed by atoms with Crippen molar-refractivity contribution < 1.29 is 10.2 Å². The molecule has 1 atom stereocenters. The summed E-state index contributed by atoms with van der Waals surface area (Å²) in [5.74, 6) is 0.822. The highest BCUT2D eigenvalue weighted by atomic mass is 16.3. The number of hydrogen-bond acceptors (Lipinski definition) is 5. The largest absolute Gasteiger partial charge is 0.508 e. The topological polar surface area (TPSA) is 50.2 Å². The number of nitrogens with zero attached hydrogens (tertiary/aromatic N) is 3. The Balaban J connectivity index is 1.13. The summed E-state index contributed by atoms with van der Waals surface area (Å²) in [7, 11) is 0. The first-order valence-corrected chi connectivity index (χ1v) is 13.9. The molecular weight excluding hydrogens is 458 g/mol. The monoisotopic (exact) mass is 499 g/mol. The Labute approximate surface area is 222 Å². The summed E-state index contributed by atoms with van der Waals surface area (Å²) >= 11 is 0. The quantitative estimate of drug-likeness (QED) is 0.431. The fourth-order valence-corrected chi connectivity index (χ4v) is 6.00. The Morgan fingerprint density at radius 2 is 1.62 bits per heavy atom. The van der Waals surface area contributed by atoms with Crippen molar-refractivity contribution in [1.82, 2.24) is 9.80 Å². The summed E-state index contributed by atoms with van der Waals surface area (Å²) in [5.41, 5.74) is 6.85. The van der Waals surface area contributed by atoms with E-state index >= 15 is 0 Å². The van der Waals surface area contributed by atoms with Gasteiger partial charge in [-0.25, -0.2) is 0 Å². The molecule has 0 radical (unpaired) electrons. The highest BCUT2D eigenvalue weighted by Crippen LogP contribution is 2.31. The number of fused-ring (bicyclic) bond motifs is 1. The summed E-state index contributed by atoms with van der Waals surface area (Å²) in [6.45, 7) is 11.9. The number of phenolic OH excluding ortho intramolecular Hbond substituents is 2. The number of aromatic hydroxyl groups is 2. The Hall–Kier alpha value is -3.02. The van der Waals surface area contributed by atoms with Gasteiger partial charge in [0.1, 0.15) is 11.5 Å². The van der Waals surface area contributed by atoms with Gasteiger partial charge >= 0.3 is 0 Å². The lowest BCUT2D eigenvalue weighted by Crippen LogP contribution is -2.50. The fourth-order valence-electron chi connectivity index (χ4n) is 6.00. The minimum atomic E-state index is 0.350. The minimum Gasteiger partial charge on any atom is -0.508 e. The molecule has 3 aromatic carbocycles. The molecule has 0 amide bonds. The zero-order valence-electron chi connectivity index (χ0n) is 22.4. The van der Waals surface area contributed by atoms with Crippen molar-refractivity contribution in [2.75, 3.05) is 50.7 Å². The molecule has 0 bridgehead atoms. The van der Waals surface area contributed by atoms with Crippen molar-refractivity contribution in [3.63, 3.8) is 0 Å². The molecular formula is C32H41N3O2. The SMILES string of the molecule is CCCN(CCN1CCN(c2ccc(-c3ccc(C)c(O)c3)cc2)CC1)C1CCc2c(O)cccc2C1. The summed E-state index contributed by atoms with van der Waals surface area (Å²) in [6.07, 6.45) is 4.34. The first-order valence-electron chi connectivity index (χ1n) is 13.9. The van der Waals surface area contributed by atoms with Crippen LogP contribution >= 0.6 is 0 Å². The van der Waals surface area contributed by atoms with Crippen LogP contribution in [0.15, 0.2) is 60.7 Å². The van der Waals surface area contributed by atoms with Crippen molar-refractivity contribution in [1.29, 1.82) is 0 Å². The smallest absolute Gasteiger partial charge is 0.119 e. The molecule has 0 spiro atoms. The van der Waals surface area contributed by atoms with Gasteiger partial charge in [-0.3, -0.25) is 9.80 Å². The molecule has 5 rings (SSSR count). The molecule has 0 saturated carbocycles. The molecule has 1 fully saturated rings. The van der Waals surface area contributed by atoms with E-state index in [2.05, 4.69) is 58.0 Å². The third kappa shape index (κ3) is 5.94. The summed E-state index contributed by atoms with van der Waals surface area (Å²) in [6, 6.07) is 21.2. The predicted octanol–water partition coefficient (Wildman–Crippen LogP) is 5.46. The van der Waals surface area contributed by atoms with E-state index in [0.717, 1.165) is 87.3 Å². The second-order valence-electron chi connectivity index (χ2n) is 10.7. The summed E-state index contributed by atoms with van der Waals surface area (Å²) in [4.78, 5) is 7.80. The van der Waals surface area contributed by atoms with E-state index in [0.29, 0.717) is 17.5 Å². The molecule has 1 saturated heterocycles. The van der Waals surface area contributed by atoms with Crippen LogP contribution in [0, 0.1) is 6.92 Å². The van der Waals surface area contributed by atoms with Gasteiger partial charge in [0, 0.05) is 51.0 Å². The van der Waals surface area contributed by atoms with E-state index in [9.17, 15) is 10.2 Å². The van der Waals surface area contributed by atoms with Crippen LogP contribution in [0.25, 0.3) is 11.1 Å². The molecule has 1 heterocycles. The van der Waals surface area contributed by atoms with Crippen LogP contribution in [0.2, 0.25) is 0 Å². The van der Waals surface area contributed by atoms with E-state index in [4.69, 9.17) is 0 Å². The van der Waals surface area contributed by atoms with Crippen LogP contribution in [0.5, 0.6) is 11.5 Å². The van der Waals surface area contributed by atoms with Gasteiger partial charge in [-0.1, -0.05) is 43.3 Å². The maximum Gasteiger partial charge on any atom is 0.119 e. The number of benzene rings is 3. The highest BCUT2D eigenvalue weighted by Gasteiger charge is 2.26. The van der Waals surface area contributed by atoms with Crippen LogP contribution in [0.4, 0.5) is 5.69 Å². The molecule has 1 unspecified atom stereocenters. The Bertz CT molecular complexity index is 1190. The molecule has 2 N–H and O–H groups in total. The van der Waals surface area contributed by atoms with Crippen LogP contribution in [0.1, 0.15) is 36.5 Å². The number of hydrogen-bond donors (Lipinski definition) is 2. The third-order valence-corrected chi connectivity index (χ3v) is 8.31. The molecule has 196 valence electrons. The molecule has 2 aliphatic rings. The van der Waals surface area contributed by atoms with E-state index in [1.54, 1.807) is 0 Å². The van der Waals surface area contributed by atoms with Crippen molar-refractivity contribution in [3.05, 3.63) is 77.4 Å². The summed E-state index contributed by atoms with van der Waals surface area (Å²) in [5, 5.41) is 20.3. The first-order chi connectivity index (χ1) is 18.0. The highest BCUT2D eigenvalue weighted by molar-refractivity contribution is 5.68. The molecule has 3 aromatic rings. The third-order valence-electron chi connectivity index (χ3n) is 8.31. The second-order valence-corrected chi connectivity index (χ2v) is 10.7. The Kier molecular flexibility index (Phi) is 8.02. The fraction of sp³-hybridized carbons (Fsp3) is 0.438. The molecule has 5 nitrogen and oxygen atoms in total. The number of phenols is 2. The molecule has 5 heteroatoms. The normalized spacial score (nSPS) is 18.2. The van der Waals surface area contributed by atoms with Gasteiger partial charge in [-0.15, -0.1) is 0 Å². The van der Waals surface area contributed by atoms with Gasteiger partial charge < -0.3 is 15.1 Å². The van der Waals surface area contributed by atoms with Crippen LogP contribution in [-0.4, -0.2) is 71.9 Å². The lowest BCUT2D eigenvalue weighted by molar-refractivity contribution is 0.145. The molecule has 1 aliphatic heterocycles. The van der Waals surface area contributed by atoms with E-state index in [1.807, 2.05) is 31.2 Å². The lowest BCUT2D eigenvalue weighted by Gasteiger charge is -2.39. The average Bonchev–Trinajstić information content (AvgIpc) is 2.93. The summed E-state index contributed by atoms with van der Waals surface area (Å²) < 4.78 is 0. The number of anilines is 1. The average molecular weight is 500 g/mol. The Morgan fingerprint density at radius 1 is 0.865 bits per heavy atom. The van der Waals surface area contributed by atoms with E-state index in [1.165, 1.54) is 17.7 Å². The zero-order chi connectivity index (χ0) is 25.8. The van der Waals surface area contributed by atoms with Gasteiger partial charge in [0.15, 0.2) is 0 Å². The first kappa shape index (κ1) is 25.6. The van der Waals surface area contributed by atoms with Gasteiger partial charge in [-0.05, 0) is 91.2 Å². The van der Waals surface area contributed by atoms with Gasteiger partial charge in [0.2, 0.25) is 0 Å². The van der Waals surface area contributed by atoms with Crippen LogP contribution in [0.3, 0.4) is 0 Å². The maximum atomic E-state index is 10.2. The van der Waals surface area contributed by atoms with Crippen molar-refractivity contribution in [2.45, 2.75) is 45.6 Å². The van der Waals surface area contributed by atoms with Crippen molar-refractivity contribution in [3.8, 4) is 22.6 Å². The molecule has 37 heavy (non-hydrogen) atoms. The number of aryl methyl sites for hydroxylation is 1. The van der Waals surface area contributed by atoms with Crippen LogP contribution < -0.4 is 4.90 Å². The van der Waals surface area contributed by atoms with E-state index in [-0.39, 0.29) is 0 Å². The van der Waals surface area contributed by atoms with Crippen LogP contribution in [-0.2, 0) is 12.8 Å². The van der Waals surface area contributed by atoms with Gasteiger partial charge in [-0.2, -0.15) is 0 Å². The zero-order valence-corrected chi connectivity index (χ0v) is 22.4. The number of piperazine rings is 1. The predicted molar refractivity (Wildman–Crippen MR) is 153 cm³/mol. The van der Waals surface area contributed by atoms with Crippen molar-refractivity contribution in [2.24, 2.45) is 0 Å². The van der Waals surface area contributed by atoms with Gasteiger partial charge in [0.25, 0.3) is 0 Å². The molecule has 0 aromatic heterocycles.